The second-order valence-electron chi connectivity index (χ2n) is 15.7. The molecule has 0 spiro atoms. The van der Waals surface area contributed by atoms with Gasteiger partial charge >= 0.3 is 11.9 Å². The van der Waals surface area contributed by atoms with Crippen molar-refractivity contribution in [2.24, 2.45) is 0 Å². The van der Waals surface area contributed by atoms with Crippen molar-refractivity contribution in [3.63, 3.8) is 0 Å². The van der Waals surface area contributed by atoms with Gasteiger partial charge in [0.1, 0.15) is 19.8 Å². The van der Waals surface area contributed by atoms with E-state index in [1.807, 2.05) is 21.1 Å². The van der Waals surface area contributed by atoms with Crippen LogP contribution in [-0.4, -0.2) is 70.0 Å². The molecule has 0 saturated carbocycles. The standard InChI is InChI=1S/C43H82NO8P/c1-6-8-10-12-14-16-18-20-21-22-24-25-27-29-31-33-35-42(45)49-39-41(40-51-53(47,48)50-38-37-44(3,4)5)52-43(46)36-34-32-30-28-26-23-19-17-15-13-11-9-7-2/h17,19,21-22,41H,6-16,18,20,23-40H2,1-5H3/b19-17-,22-21-/t41-/m1/s1. The van der Waals surface area contributed by atoms with Crippen LogP contribution in [-0.2, 0) is 32.7 Å². The van der Waals surface area contributed by atoms with Crippen LogP contribution in [0.15, 0.2) is 24.3 Å². The second kappa shape index (κ2) is 36.1. The molecule has 10 heteroatoms. The molecular weight excluding hydrogens is 689 g/mol. The number of hydrogen-bond donors (Lipinski definition) is 0. The van der Waals surface area contributed by atoms with E-state index in [1.54, 1.807) is 0 Å². The van der Waals surface area contributed by atoms with Crippen molar-refractivity contribution >= 4 is 19.8 Å². The van der Waals surface area contributed by atoms with E-state index in [0.717, 1.165) is 70.6 Å². The molecule has 0 radical (unpaired) electrons. The van der Waals surface area contributed by atoms with E-state index in [1.165, 1.54) is 83.5 Å². The largest absolute Gasteiger partial charge is 0.756 e. The lowest BCUT2D eigenvalue weighted by molar-refractivity contribution is -0.870. The van der Waals surface area contributed by atoms with Gasteiger partial charge in [0, 0.05) is 12.8 Å². The average Bonchev–Trinajstić information content (AvgIpc) is 3.10. The molecule has 9 nitrogen and oxygen atoms in total. The summed E-state index contributed by atoms with van der Waals surface area (Å²) in [5.41, 5.74) is 0. The molecule has 0 aromatic rings. The summed E-state index contributed by atoms with van der Waals surface area (Å²) in [5.74, 6) is -0.852. The minimum absolute atomic E-state index is 0.0327. The highest BCUT2D eigenvalue weighted by atomic mass is 31.2. The first kappa shape index (κ1) is 51.5. The first-order chi connectivity index (χ1) is 25.5. The number of ether oxygens (including phenoxy) is 2. The lowest BCUT2D eigenvalue weighted by Gasteiger charge is -2.28. The maximum absolute atomic E-state index is 12.6. The maximum Gasteiger partial charge on any atom is 0.306 e. The van der Waals surface area contributed by atoms with Crippen molar-refractivity contribution in [2.45, 2.75) is 193 Å². The third-order valence-corrected chi connectivity index (χ3v) is 10.2. The van der Waals surface area contributed by atoms with Crippen molar-refractivity contribution in [1.82, 2.24) is 0 Å². The number of unbranched alkanes of at least 4 members (excludes halogenated alkanes) is 21. The monoisotopic (exact) mass is 772 g/mol. The van der Waals surface area contributed by atoms with Crippen LogP contribution in [0.4, 0.5) is 0 Å². The number of rotatable bonds is 39. The fourth-order valence-corrected chi connectivity index (χ4v) is 6.49. The Balaban J connectivity index is 4.38. The van der Waals surface area contributed by atoms with E-state index < -0.39 is 32.5 Å². The Morgan fingerprint density at radius 3 is 1.42 bits per heavy atom. The molecule has 0 amide bonds. The third kappa shape index (κ3) is 40.0. The predicted octanol–water partition coefficient (Wildman–Crippen LogP) is 11.3. The Morgan fingerprint density at radius 1 is 0.566 bits per heavy atom. The van der Waals surface area contributed by atoms with Gasteiger partial charge < -0.3 is 27.9 Å². The third-order valence-electron chi connectivity index (χ3n) is 9.19. The number of carbonyl (C=O) groups is 2. The summed E-state index contributed by atoms with van der Waals surface area (Å²) in [5, 5.41) is 0. The zero-order valence-electron chi connectivity index (χ0n) is 35.0. The van der Waals surface area contributed by atoms with Gasteiger partial charge in [-0.05, 0) is 64.2 Å². The number of nitrogens with zero attached hydrogens (tertiary/aromatic N) is 1. The fourth-order valence-electron chi connectivity index (χ4n) is 5.76. The highest BCUT2D eigenvalue weighted by molar-refractivity contribution is 7.45. The van der Waals surface area contributed by atoms with Crippen molar-refractivity contribution in [3.05, 3.63) is 24.3 Å². The zero-order valence-corrected chi connectivity index (χ0v) is 35.9. The molecule has 2 atom stereocenters. The van der Waals surface area contributed by atoms with Gasteiger partial charge in [0.2, 0.25) is 0 Å². The molecule has 0 aromatic heterocycles. The van der Waals surface area contributed by atoms with Crippen molar-refractivity contribution in [3.8, 4) is 0 Å². The number of allylic oxidation sites excluding steroid dienone is 4. The normalized spacial score (nSPS) is 13.8. The first-order valence-corrected chi connectivity index (χ1v) is 23.0. The Kier molecular flexibility index (Phi) is 35.1. The summed E-state index contributed by atoms with van der Waals surface area (Å²) >= 11 is 0. The Labute approximate surface area is 326 Å². The summed E-state index contributed by atoms with van der Waals surface area (Å²) in [4.78, 5) is 37.4. The van der Waals surface area contributed by atoms with Crippen LogP contribution in [0, 0.1) is 0 Å². The summed E-state index contributed by atoms with van der Waals surface area (Å²) in [6.45, 7) is 4.19. The number of hydrogen-bond acceptors (Lipinski definition) is 8. The molecule has 0 heterocycles. The van der Waals surface area contributed by atoms with E-state index in [-0.39, 0.29) is 26.1 Å². The van der Waals surface area contributed by atoms with Gasteiger partial charge in [0.05, 0.1) is 27.7 Å². The average molecular weight is 772 g/mol. The van der Waals surface area contributed by atoms with E-state index in [0.29, 0.717) is 17.4 Å². The molecule has 0 saturated heterocycles. The van der Waals surface area contributed by atoms with Crippen LogP contribution in [0.25, 0.3) is 0 Å². The molecule has 0 bridgehead atoms. The van der Waals surface area contributed by atoms with Gasteiger partial charge in [-0.25, -0.2) is 0 Å². The van der Waals surface area contributed by atoms with Gasteiger partial charge in [0.15, 0.2) is 6.10 Å². The first-order valence-electron chi connectivity index (χ1n) is 21.5. The zero-order chi connectivity index (χ0) is 39.3. The molecule has 0 aliphatic heterocycles. The van der Waals surface area contributed by atoms with E-state index in [2.05, 4.69) is 38.2 Å². The van der Waals surface area contributed by atoms with Crippen molar-refractivity contribution in [1.29, 1.82) is 0 Å². The number of phosphoric acid groups is 1. The lowest BCUT2D eigenvalue weighted by atomic mass is 10.1. The fraction of sp³-hybridized carbons (Fsp3) is 0.860. The quantitative estimate of drug-likeness (QED) is 0.0200. The van der Waals surface area contributed by atoms with Crippen molar-refractivity contribution < 1.29 is 42.1 Å². The van der Waals surface area contributed by atoms with E-state index >= 15 is 0 Å². The van der Waals surface area contributed by atoms with E-state index in [9.17, 15) is 19.0 Å². The van der Waals surface area contributed by atoms with Crippen LogP contribution in [0.3, 0.4) is 0 Å². The number of phosphoric ester groups is 1. The summed E-state index contributed by atoms with van der Waals surface area (Å²) in [6.07, 6.45) is 37.7. The Hall–Kier alpha value is -1.51. The van der Waals surface area contributed by atoms with Crippen molar-refractivity contribution in [2.75, 3.05) is 47.5 Å². The second-order valence-corrected chi connectivity index (χ2v) is 17.1. The Bertz CT molecular complexity index is 964. The molecule has 312 valence electrons. The molecule has 0 aliphatic rings. The molecule has 0 N–H and O–H groups in total. The van der Waals surface area contributed by atoms with Gasteiger partial charge in [-0.2, -0.15) is 0 Å². The SMILES string of the molecule is CCCCCC/C=C\CCCCCCCC(=O)O[C@H](COC(=O)CCCCCCC/C=C\CCCCCCCCC)COP(=O)([O-])OCC[N+](C)(C)C. The molecular formula is C43H82NO8P. The highest BCUT2D eigenvalue weighted by Crippen LogP contribution is 2.38. The minimum Gasteiger partial charge on any atom is -0.756 e. The minimum atomic E-state index is -4.62. The van der Waals surface area contributed by atoms with Crippen LogP contribution >= 0.6 is 7.82 Å². The van der Waals surface area contributed by atoms with Crippen LogP contribution in [0.2, 0.25) is 0 Å². The summed E-state index contributed by atoms with van der Waals surface area (Å²) in [6, 6.07) is 0. The van der Waals surface area contributed by atoms with Gasteiger partial charge in [-0.1, -0.05) is 134 Å². The number of carbonyl (C=O) groups excluding carboxylic acids is 2. The molecule has 53 heavy (non-hydrogen) atoms. The van der Waals surface area contributed by atoms with Gasteiger partial charge in [0.25, 0.3) is 7.82 Å². The van der Waals surface area contributed by atoms with Crippen LogP contribution in [0.1, 0.15) is 187 Å². The lowest BCUT2D eigenvalue weighted by Crippen LogP contribution is -2.37. The molecule has 0 aromatic carbocycles. The van der Waals surface area contributed by atoms with Crippen LogP contribution in [0.5, 0.6) is 0 Å². The van der Waals surface area contributed by atoms with Crippen LogP contribution < -0.4 is 4.89 Å². The topological polar surface area (TPSA) is 111 Å². The molecule has 1 unspecified atom stereocenters. The summed E-state index contributed by atoms with van der Waals surface area (Å²) in [7, 11) is 1.16. The van der Waals surface area contributed by atoms with E-state index in [4.69, 9.17) is 18.5 Å². The smallest absolute Gasteiger partial charge is 0.306 e. The highest BCUT2D eigenvalue weighted by Gasteiger charge is 2.21. The molecule has 0 rings (SSSR count). The maximum atomic E-state index is 12.6. The molecule has 0 aliphatic carbocycles. The van der Waals surface area contributed by atoms with Gasteiger partial charge in [-0.15, -0.1) is 0 Å². The predicted molar refractivity (Wildman–Crippen MR) is 218 cm³/mol. The number of esters is 2. The number of likely N-dealkylation sites (N-methyl/N-ethyl adjacent to an activating group) is 1. The molecule has 0 fully saturated rings. The number of quaternary nitrogens is 1. The van der Waals surface area contributed by atoms with Gasteiger partial charge in [-0.3, -0.25) is 14.2 Å². The summed E-state index contributed by atoms with van der Waals surface area (Å²) < 4.78 is 33.8. The Morgan fingerprint density at radius 2 is 0.962 bits per heavy atom.